The van der Waals surface area contributed by atoms with Gasteiger partial charge in [-0.05, 0) is 30.5 Å². The Bertz CT molecular complexity index is 913. The number of urea groups is 1. The van der Waals surface area contributed by atoms with Crippen molar-refractivity contribution in [2.24, 2.45) is 0 Å². The number of nitrogens with zero attached hydrogens (tertiary/aromatic N) is 4. The van der Waals surface area contributed by atoms with Crippen molar-refractivity contribution in [2.45, 2.75) is 25.3 Å². The lowest BCUT2D eigenvalue weighted by atomic mass is 10.1. The Labute approximate surface area is 181 Å². The van der Waals surface area contributed by atoms with E-state index in [1.165, 1.54) is 4.90 Å². The van der Waals surface area contributed by atoms with Crippen LogP contribution in [0, 0.1) is 0 Å². The zero-order valence-electron chi connectivity index (χ0n) is 17.4. The van der Waals surface area contributed by atoms with Crippen molar-refractivity contribution < 1.29 is 14.4 Å². The van der Waals surface area contributed by atoms with Gasteiger partial charge in [-0.3, -0.25) is 14.5 Å². The van der Waals surface area contributed by atoms with Gasteiger partial charge in [0.2, 0.25) is 5.91 Å². The average molecular weight is 422 g/mol. The maximum Gasteiger partial charge on any atom is 0.324 e. The molecule has 2 aliphatic rings. The number of anilines is 1. The first-order valence-electron chi connectivity index (χ1n) is 10.7. The summed E-state index contributed by atoms with van der Waals surface area (Å²) >= 11 is 0. The number of imide groups is 1. The van der Waals surface area contributed by atoms with Crippen molar-refractivity contribution in [1.82, 2.24) is 20.1 Å². The van der Waals surface area contributed by atoms with Crippen LogP contribution in [-0.2, 0) is 16.0 Å². The molecule has 4 rings (SSSR count). The molecule has 162 valence electrons. The fourth-order valence-corrected chi connectivity index (χ4v) is 4.02. The molecule has 2 saturated heterocycles. The van der Waals surface area contributed by atoms with Gasteiger partial charge in [0.25, 0.3) is 5.91 Å². The molecule has 2 fully saturated rings. The molecule has 0 radical (unpaired) electrons. The second-order valence-electron chi connectivity index (χ2n) is 7.82. The van der Waals surface area contributed by atoms with E-state index in [4.69, 9.17) is 0 Å². The highest BCUT2D eigenvalue weighted by atomic mass is 16.2. The van der Waals surface area contributed by atoms with Crippen molar-refractivity contribution in [2.75, 3.05) is 37.6 Å². The van der Waals surface area contributed by atoms with E-state index in [1.807, 2.05) is 53.4 Å². The summed E-state index contributed by atoms with van der Waals surface area (Å²) in [5.41, 5.74) is 1.08. The van der Waals surface area contributed by atoms with Crippen LogP contribution in [0.1, 0.15) is 18.4 Å². The summed E-state index contributed by atoms with van der Waals surface area (Å²) in [6.07, 6.45) is 2.95. The van der Waals surface area contributed by atoms with Crippen molar-refractivity contribution in [3.8, 4) is 0 Å². The summed E-state index contributed by atoms with van der Waals surface area (Å²) in [5.74, 6) is 0.698. The van der Waals surface area contributed by atoms with E-state index >= 15 is 0 Å². The molecular formula is C23H27N5O3. The van der Waals surface area contributed by atoms with Crippen molar-refractivity contribution in [1.29, 1.82) is 0 Å². The second-order valence-corrected chi connectivity index (χ2v) is 7.82. The molecular weight excluding hydrogens is 394 g/mol. The van der Waals surface area contributed by atoms with Crippen molar-refractivity contribution >= 4 is 23.7 Å². The number of pyridine rings is 1. The first kappa shape index (κ1) is 20.8. The molecule has 0 saturated carbocycles. The Hall–Kier alpha value is -3.42. The molecule has 8 nitrogen and oxygen atoms in total. The number of hydrogen-bond acceptors (Lipinski definition) is 5. The Morgan fingerprint density at radius 2 is 1.74 bits per heavy atom. The van der Waals surface area contributed by atoms with Gasteiger partial charge in [0.15, 0.2) is 0 Å². The molecule has 8 heteroatoms. The van der Waals surface area contributed by atoms with Crippen LogP contribution in [0.3, 0.4) is 0 Å². The van der Waals surface area contributed by atoms with Gasteiger partial charge in [0.05, 0.1) is 0 Å². The van der Waals surface area contributed by atoms with Crippen LogP contribution >= 0.6 is 0 Å². The van der Waals surface area contributed by atoms with Crippen LogP contribution in [0.4, 0.5) is 10.6 Å². The average Bonchev–Trinajstić information content (AvgIpc) is 3.09. The molecule has 0 aliphatic carbocycles. The largest absolute Gasteiger partial charge is 0.353 e. The lowest BCUT2D eigenvalue weighted by Crippen LogP contribution is -2.49. The molecule has 31 heavy (non-hydrogen) atoms. The first-order chi connectivity index (χ1) is 15.1. The summed E-state index contributed by atoms with van der Waals surface area (Å²) in [7, 11) is 0. The van der Waals surface area contributed by atoms with Gasteiger partial charge in [0, 0.05) is 45.3 Å². The van der Waals surface area contributed by atoms with E-state index in [2.05, 4.69) is 15.2 Å². The van der Waals surface area contributed by atoms with Gasteiger partial charge >= 0.3 is 6.03 Å². The number of carbonyl (C=O) groups is 3. The second kappa shape index (κ2) is 9.59. The number of aromatic nitrogens is 1. The highest BCUT2D eigenvalue weighted by Gasteiger charge is 2.37. The summed E-state index contributed by atoms with van der Waals surface area (Å²) < 4.78 is 0. The zero-order chi connectivity index (χ0) is 21.6. The number of rotatable bonds is 7. The summed E-state index contributed by atoms with van der Waals surface area (Å²) in [6.45, 7) is 3.06. The van der Waals surface area contributed by atoms with E-state index in [1.54, 1.807) is 6.20 Å². The summed E-state index contributed by atoms with van der Waals surface area (Å²) in [4.78, 5) is 47.1. The third kappa shape index (κ3) is 5.02. The summed E-state index contributed by atoms with van der Waals surface area (Å²) in [6, 6.07) is 14.6. The lowest BCUT2D eigenvalue weighted by Gasteiger charge is -2.35. The van der Waals surface area contributed by atoms with Gasteiger partial charge in [0.1, 0.15) is 11.9 Å². The van der Waals surface area contributed by atoms with Gasteiger partial charge in [-0.1, -0.05) is 36.4 Å². The van der Waals surface area contributed by atoms with Crippen LogP contribution in [-0.4, -0.2) is 71.4 Å². The molecule has 0 bridgehead atoms. The zero-order valence-corrected chi connectivity index (χ0v) is 17.4. The summed E-state index contributed by atoms with van der Waals surface area (Å²) in [5, 5.41) is 2.73. The van der Waals surface area contributed by atoms with Crippen LogP contribution in [0.5, 0.6) is 0 Å². The normalized spacial score (nSPS) is 19.0. The van der Waals surface area contributed by atoms with Crippen LogP contribution in [0.15, 0.2) is 54.7 Å². The van der Waals surface area contributed by atoms with Gasteiger partial charge in [-0.25, -0.2) is 9.78 Å². The topological polar surface area (TPSA) is 85.8 Å². The molecule has 0 spiro atoms. The first-order valence-corrected chi connectivity index (χ1v) is 10.7. The maximum atomic E-state index is 12.6. The number of carbonyl (C=O) groups excluding carboxylic acids is 3. The highest BCUT2D eigenvalue weighted by Crippen LogP contribution is 2.16. The monoisotopic (exact) mass is 421 g/mol. The SMILES string of the molecule is O=C(CC[C@@H]1NC(=O)N(CCc2ccccc2)C1=O)N1CCN(c2ccccn2)CC1. The molecule has 3 heterocycles. The molecule has 1 atom stereocenters. The molecule has 2 aromatic rings. The van der Waals surface area contributed by atoms with E-state index in [0.717, 1.165) is 24.5 Å². The van der Waals surface area contributed by atoms with E-state index in [0.29, 0.717) is 32.5 Å². The number of piperazine rings is 1. The Balaban J connectivity index is 1.22. The Morgan fingerprint density at radius 3 is 2.45 bits per heavy atom. The van der Waals surface area contributed by atoms with Crippen LogP contribution in [0.25, 0.3) is 0 Å². The predicted octanol–water partition coefficient (Wildman–Crippen LogP) is 1.67. The minimum atomic E-state index is -0.623. The Kier molecular flexibility index (Phi) is 6.45. The number of amides is 4. The smallest absolute Gasteiger partial charge is 0.324 e. The molecule has 4 amide bonds. The van der Waals surface area contributed by atoms with E-state index in [-0.39, 0.29) is 24.3 Å². The van der Waals surface area contributed by atoms with Gasteiger partial charge < -0.3 is 15.1 Å². The molecule has 0 unspecified atom stereocenters. The van der Waals surface area contributed by atoms with Crippen LogP contribution < -0.4 is 10.2 Å². The minimum Gasteiger partial charge on any atom is -0.353 e. The van der Waals surface area contributed by atoms with Crippen LogP contribution in [0.2, 0.25) is 0 Å². The highest BCUT2D eigenvalue weighted by molar-refractivity contribution is 6.04. The standard InChI is InChI=1S/C23H27N5O3/c29-21(27-16-14-26(15-17-27)20-8-4-5-12-24-20)10-9-19-22(30)28(23(31)25-19)13-11-18-6-2-1-3-7-18/h1-8,12,19H,9-11,13-17H2,(H,25,31)/t19-/m0/s1. The molecule has 1 N–H and O–H groups in total. The van der Waals surface area contributed by atoms with Gasteiger partial charge in [-0.2, -0.15) is 0 Å². The van der Waals surface area contributed by atoms with E-state index < -0.39 is 6.04 Å². The van der Waals surface area contributed by atoms with Gasteiger partial charge in [-0.15, -0.1) is 0 Å². The predicted molar refractivity (Wildman–Crippen MR) is 116 cm³/mol. The molecule has 1 aromatic heterocycles. The number of nitrogens with one attached hydrogen (secondary N) is 1. The molecule has 2 aliphatic heterocycles. The fraction of sp³-hybridized carbons (Fsp3) is 0.391. The quantitative estimate of drug-likeness (QED) is 0.688. The minimum absolute atomic E-state index is 0.0189. The third-order valence-corrected chi connectivity index (χ3v) is 5.83. The van der Waals surface area contributed by atoms with Crippen molar-refractivity contribution in [3.63, 3.8) is 0 Å². The number of hydrogen-bond donors (Lipinski definition) is 1. The maximum absolute atomic E-state index is 12.6. The molecule has 1 aromatic carbocycles. The number of benzene rings is 1. The van der Waals surface area contributed by atoms with Crippen molar-refractivity contribution in [3.05, 3.63) is 60.3 Å². The Morgan fingerprint density at radius 1 is 1.00 bits per heavy atom. The third-order valence-electron chi connectivity index (χ3n) is 5.83. The van der Waals surface area contributed by atoms with E-state index in [9.17, 15) is 14.4 Å². The lowest BCUT2D eigenvalue weighted by molar-refractivity contribution is -0.132. The fourth-order valence-electron chi connectivity index (χ4n) is 4.02.